The standard InChI is InChI=1S/C26H27ClN2O2/c27-21-11-16-26(28-18-21)31-23-14-12-22(13-15-23)29-25(30)17-24(19-7-3-1-4-8-19)20-9-5-2-6-10-20/h1-11,16,18,22-24H,12-15,17H2,(H,29,30). The van der Waals surface area contributed by atoms with E-state index in [4.69, 9.17) is 16.3 Å². The summed E-state index contributed by atoms with van der Waals surface area (Å²) in [5.74, 6) is 0.755. The summed E-state index contributed by atoms with van der Waals surface area (Å²) in [5, 5.41) is 3.85. The molecule has 2 aromatic carbocycles. The van der Waals surface area contributed by atoms with Crippen LogP contribution in [0, 0.1) is 0 Å². The van der Waals surface area contributed by atoms with Crippen LogP contribution in [-0.4, -0.2) is 23.0 Å². The molecule has 1 fully saturated rings. The summed E-state index contributed by atoms with van der Waals surface area (Å²) in [5.41, 5.74) is 2.33. The molecule has 0 spiro atoms. The minimum absolute atomic E-state index is 0.0538. The van der Waals surface area contributed by atoms with Crippen LogP contribution in [0.5, 0.6) is 5.88 Å². The van der Waals surface area contributed by atoms with Crippen molar-refractivity contribution in [2.75, 3.05) is 0 Å². The number of halogens is 1. The lowest BCUT2D eigenvalue weighted by Crippen LogP contribution is -2.40. The maximum atomic E-state index is 12.9. The third-order valence-electron chi connectivity index (χ3n) is 5.82. The van der Waals surface area contributed by atoms with Gasteiger partial charge in [0.05, 0.1) is 5.02 Å². The molecule has 1 saturated carbocycles. The summed E-state index contributed by atoms with van der Waals surface area (Å²) in [4.78, 5) is 17.1. The molecule has 160 valence electrons. The van der Waals surface area contributed by atoms with E-state index < -0.39 is 0 Å². The molecule has 4 rings (SSSR count). The first-order chi connectivity index (χ1) is 15.2. The Morgan fingerprint density at radius 3 is 2.10 bits per heavy atom. The first kappa shape index (κ1) is 21.4. The van der Waals surface area contributed by atoms with E-state index in [9.17, 15) is 4.79 Å². The Morgan fingerprint density at radius 2 is 1.55 bits per heavy atom. The highest BCUT2D eigenvalue weighted by Crippen LogP contribution is 2.29. The molecule has 0 aliphatic heterocycles. The van der Waals surface area contributed by atoms with Crippen LogP contribution in [0.15, 0.2) is 79.0 Å². The highest BCUT2D eigenvalue weighted by atomic mass is 35.5. The maximum Gasteiger partial charge on any atom is 0.221 e. The van der Waals surface area contributed by atoms with Crippen molar-refractivity contribution in [3.63, 3.8) is 0 Å². The number of nitrogens with one attached hydrogen (secondary N) is 1. The topological polar surface area (TPSA) is 51.2 Å². The van der Waals surface area contributed by atoms with E-state index in [2.05, 4.69) is 34.6 Å². The second-order valence-electron chi connectivity index (χ2n) is 8.05. The van der Waals surface area contributed by atoms with E-state index in [1.807, 2.05) is 36.4 Å². The van der Waals surface area contributed by atoms with Gasteiger partial charge in [-0.15, -0.1) is 0 Å². The number of amides is 1. The zero-order valence-electron chi connectivity index (χ0n) is 17.4. The Balaban J connectivity index is 1.31. The largest absolute Gasteiger partial charge is 0.474 e. The van der Waals surface area contributed by atoms with Crippen LogP contribution in [-0.2, 0) is 4.79 Å². The fourth-order valence-corrected chi connectivity index (χ4v) is 4.31. The van der Waals surface area contributed by atoms with Crippen LogP contribution in [0.25, 0.3) is 0 Å². The van der Waals surface area contributed by atoms with Gasteiger partial charge in [0, 0.05) is 30.6 Å². The number of hydrogen-bond donors (Lipinski definition) is 1. The van der Waals surface area contributed by atoms with Crippen molar-refractivity contribution in [3.05, 3.63) is 95.1 Å². The van der Waals surface area contributed by atoms with Gasteiger partial charge in [0.1, 0.15) is 6.10 Å². The number of hydrogen-bond acceptors (Lipinski definition) is 3. The minimum atomic E-state index is 0.0538. The van der Waals surface area contributed by atoms with Crippen LogP contribution < -0.4 is 10.1 Å². The van der Waals surface area contributed by atoms with Crippen molar-refractivity contribution in [1.82, 2.24) is 10.3 Å². The number of carbonyl (C=O) groups excluding carboxylic acids is 1. The lowest BCUT2D eigenvalue weighted by Gasteiger charge is -2.29. The minimum Gasteiger partial charge on any atom is -0.474 e. The molecule has 0 atom stereocenters. The Morgan fingerprint density at radius 1 is 0.935 bits per heavy atom. The van der Waals surface area contributed by atoms with E-state index in [1.54, 1.807) is 18.3 Å². The predicted molar refractivity (Wildman–Crippen MR) is 123 cm³/mol. The van der Waals surface area contributed by atoms with E-state index in [0.29, 0.717) is 17.3 Å². The number of ether oxygens (including phenoxy) is 1. The van der Waals surface area contributed by atoms with Crippen LogP contribution in [0.2, 0.25) is 5.02 Å². The van der Waals surface area contributed by atoms with Crippen molar-refractivity contribution in [2.45, 2.75) is 50.2 Å². The van der Waals surface area contributed by atoms with Gasteiger partial charge in [0.15, 0.2) is 0 Å². The van der Waals surface area contributed by atoms with Crippen LogP contribution >= 0.6 is 11.6 Å². The molecule has 1 aromatic heterocycles. The van der Waals surface area contributed by atoms with Gasteiger partial charge in [0.2, 0.25) is 11.8 Å². The van der Waals surface area contributed by atoms with Gasteiger partial charge in [0.25, 0.3) is 0 Å². The number of rotatable bonds is 7. The van der Waals surface area contributed by atoms with Gasteiger partial charge in [-0.25, -0.2) is 4.98 Å². The summed E-state index contributed by atoms with van der Waals surface area (Å²) < 4.78 is 5.96. The summed E-state index contributed by atoms with van der Waals surface area (Å²) >= 11 is 5.88. The van der Waals surface area contributed by atoms with E-state index in [-0.39, 0.29) is 24.0 Å². The van der Waals surface area contributed by atoms with Gasteiger partial charge in [-0.1, -0.05) is 72.3 Å². The van der Waals surface area contributed by atoms with Gasteiger partial charge in [-0.2, -0.15) is 0 Å². The fourth-order valence-electron chi connectivity index (χ4n) is 4.20. The van der Waals surface area contributed by atoms with Gasteiger partial charge in [-0.05, 0) is 42.9 Å². The molecule has 1 aliphatic rings. The molecule has 1 amide bonds. The van der Waals surface area contributed by atoms with Gasteiger partial charge in [-0.3, -0.25) is 4.79 Å². The molecule has 1 aliphatic carbocycles. The maximum absolute atomic E-state index is 12.9. The number of carbonyl (C=O) groups is 1. The second-order valence-corrected chi connectivity index (χ2v) is 8.49. The first-order valence-corrected chi connectivity index (χ1v) is 11.2. The Hall–Kier alpha value is -2.85. The quantitative estimate of drug-likeness (QED) is 0.514. The lowest BCUT2D eigenvalue weighted by atomic mass is 9.87. The lowest BCUT2D eigenvalue weighted by molar-refractivity contribution is -0.122. The van der Waals surface area contributed by atoms with Crippen molar-refractivity contribution in [2.24, 2.45) is 0 Å². The van der Waals surface area contributed by atoms with Crippen LogP contribution in [0.1, 0.15) is 49.1 Å². The molecule has 3 aromatic rings. The van der Waals surface area contributed by atoms with E-state index >= 15 is 0 Å². The molecule has 31 heavy (non-hydrogen) atoms. The third kappa shape index (κ3) is 6.08. The molecule has 1 N–H and O–H groups in total. The summed E-state index contributed by atoms with van der Waals surface area (Å²) in [6, 6.07) is 24.3. The molecule has 0 unspecified atom stereocenters. The third-order valence-corrected chi connectivity index (χ3v) is 6.04. The van der Waals surface area contributed by atoms with E-state index in [1.165, 1.54) is 0 Å². The zero-order chi connectivity index (χ0) is 21.5. The van der Waals surface area contributed by atoms with Crippen molar-refractivity contribution >= 4 is 17.5 Å². The molecular formula is C26H27ClN2O2. The molecular weight excluding hydrogens is 408 g/mol. The molecule has 0 bridgehead atoms. The van der Waals surface area contributed by atoms with Gasteiger partial charge < -0.3 is 10.1 Å². The molecule has 5 heteroatoms. The second kappa shape index (κ2) is 10.5. The number of aromatic nitrogens is 1. The number of benzene rings is 2. The smallest absolute Gasteiger partial charge is 0.221 e. The highest BCUT2D eigenvalue weighted by Gasteiger charge is 2.25. The van der Waals surface area contributed by atoms with Gasteiger partial charge >= 0.3 is 0 Å². The average molecular weight is 435 g/mol. The summed E-state index contributed by atoms with van der Waals surface area (Å²) in [7, 11) is 0. The molecule has 0 radical (unpaired) electrons. The summed E-state index contributed by atoms with van der Waals surface area (Å²) in [6.45, 7) is 0. The Labute approximate surface area is 188 Å². The molecule has 4 nitrogen and oxygen atoms in total. The SMILES string of the molecule is O=C(CC(c1ccccc1)c1ccccc1)NC1CCC(Oc2ccc(Cl)cn2)CC1. The number of pyridine rings is 1. The normalized spacial score (nSPS) is 18.5. The molecule has 1 heterocycles. The monoisotopic (exact) mass is 434 g/mol. The average Bonchev–Trinajstić information content (AvgIpc) is 2.81. The fraction of sp³-hybridized carbons (Fsp3) is 0.308. The van der Waals surface area contributed by atoms with Crippen LogP contribution in [0.3, 0.4) is 0 Å². The highest BCUT2D eigenvalue weighted by molar-refractivity contribution is 6.30. The van der Waals surface area contributed by atoms with Crippen molar-refractivity contribution in [1.29, 1.82) is 0 Å². The zero-order valence-corrected chi connectivity index (χ0v) is 18.2. The van der Waals surface area contributed by atoms with E-state index in [0.717, 1.165) is 36.8 Å². The first-order valence-electron chi connectivity index (χ1n) is 10.8. The van der Waals surface area contributed by atoms with Crippen molar-refractivity contribution < 1.29 is 9.53 Å². The summed E-state index contributed by atoms with van der Waals surface area (Å²) in [6.07, 6.45) is 5.78. The van der Waals surface area contributed by atoms with Crippen molar-refractivity contribution in [3.8, 4) is 5.88 Å². The predicted octanol–water partition coefficient (Wildman–Crippen LogP) is 5.76. The Bertz CT molecular complexity index is 916. The number of nitrogens with zero attached hydrogens (tertiary/aromatic N) is 1. The van der Waals surface area contributed by atoms with Crippen LogP contribution in [0.4, 0.5) is 0 Å². The molecule has 0 saturated heterocycles. The Kier molecular flexibility index (Phi) is 7.21.